The van der Waals surface area contributed by atoms with Crippen LogP contribution < -0.4 is 5.32 Å². The molecule has 92 valence electrons. The number of hydrogen-bond donors (Lipinski definition) is 1. The number of carbonyl (C=O) groups excluding carboxylic acids is 3. The summed E-state index contributed by atoms with van der Waals surface area (Å²) in [5.41, 5.74) is 0. The van der Waals surface area contributed by atoms with Gasteiger partial charge in [-0.1, -0.05) is 26.7 Å². The molecule has 5 nitrogen and oxygen atoms in total. The van der Waals surface area contributed by atoms with Gasteiger partial charge in [0.05, 0.1) is 17.8 Å². The minimum Gasteiger partial charge on any atom is -0.313 e. The second-order valence-corrected chi connectivity index (χ2v) is 4.69. The molecule has 2 rings (SSSR count). The molecule has 1 N–H and O–H groups in total. The fourth-order valence-electron chi connectivity index (χ4n) is 2.40. The number of piperidine rings is 1. The predicted octanol–water partition coefficient (Wildman–Crippen LogP) is 0.683. The van der Waals surface area contributed by atoms with E-state index in [0.717, 1.165) is 12.8 Å². The SMILES string of the molecule is CCCC[C@H]1C(=O)NC2=NC(=O)[C@@H](C)[C@@H]2C1=O. The zero-order valence-electron chi connectivity index (χ0n) is 10.0. The summed E-state index contributed by atoms with van der Waals surface area (Å²) >= 11 is 0. The molecule has 0 aromatic carbocycles. The molecule has 2 aliphatic heterocycles. The third-order valence-electron chi connectivity index (χ3n) is 3.48. The van der Waals surface area contributed by atoms with E-state index in [0.29, 0.717) is 6.42 Å². The molecule has 0 unspecified atom stereocenters. The minimum absolute atomic E-state index is 0.140. The van der Waals surface area contributed by atoms with Crippen molar-refractivity contribution in [2.24, 2.45) is 22.7 Å². The van der Waals surface area contributed by atoms with Gasteiger partial charge in [0.15, 0.2) is 5.78 Å². The molecule has 2 heterocycles. The Labute approximate surface area is 99.7 Å². The van der Waals surface area contributed by atoms with Gasteiger partial charge in [-0.2, -0.15) is 4.99 Å². The smallest absolute Gasteiger partial charge is 0.251 e. The summed E-state index contributed by atoms with van der Waals surface area (Å²) in [6, 6.07) is 0. The molecule has 0 spiro atoms. The van der Waals surface area contributed by atoms with Crippen molar-refractivity contribution in [2.45, 2.75) is 33.1 Å². The topological polar surface area (TPSA) is 75.6 Å². The van der Waals surface area contributed by atoms with Crippen LogP contribution in [0.5, 0.6) is 0 Å². The molecule has 0 aromatic heterocycles. The van der Waals surface area contributed by atoms with E-state index >= 15 is 0 Å². The highest BCUT2D eigenvalue weighted by Crippen LogP contribution is 2.30. The largest absolute Gasteiger partial charge is 0.313 e. The van der Waals surface area contributed by atoms with E-state index in [1.807, 2.05) is 6.92 Å². The molecule has 0 aromatic rings. The molecule has 3 atom stereocenters. The number of carbonyl (C=O) groups is 3. The standard InChI is InChI=1S/C12H16N2O3/c1-3-4-5-7-9(15)8-6(2)11(16)13-10(8)14-12(7)17/h6-8H,3-5H2,1-2H3,(H,13,14,16,17)/t6-,7+,8+/m0/s1. The van der Waals surface area contributed by atoms with Crippen molar-refractivity contribution in [1.82, 2.24) is 5.32 Å². The quantitative estimate of drug-likeness (QED) is 0.732. The third kappa shape index (κ3) is 1.90. The molecule has 0 radical (unpaired) electrons. The van der Waals surface area contributed by atoms with E-state index in [1.54, 1.807) is 6.92 Å². The molecule has 0 saturated carbocycles. The zero-order valence-corrected chi connectivity index (χ0v) is 10.0. The number of ketones is 1. The first-order valence-electron chi connectivity index (χ1n) is 6.03. The molecule has 17 heavy (non-hydrogen) atoms. The molecule has 2 aliphatic rings. The van der Waals surface area contributed by atoms with Crippen LogP contribution in [0.4, 0.5) is 0 Å². The first kappa shape index (κ1) is 12.0. The zero-order chi connectivity index (χ0) is 12.6. The molecule has 2 amide bonds. The molecule has 1 saturated heterocycles. The summed E-state index contributed by atoms with van der Waals surface area (Å²) in [6.45, 7) is 3.70. The van der Waals surface area contributed by atoms with Crippen molar-refractivity contribution < 1.29 is 14.4 Å². The van der Waals surface area contributed by atoms with Crippen LogP contribution in [0.15, 0.2) is 4.99 Å². The lowest BCUT2D eigenvalue weighted by Gasteiger charge is -2.27. The predicted molar refractivity (Wildman–Crippen MR) is 61.3 cm³/mol. The summed E-state index contributed by atoms with van der Waals surface area (Å²) in [6.07, 6.45) is 2.34. The lowest BCUT2D eigenvalue weighted by atomic mass is 9.79. The van der Waals surface area contributed by atoms with Crippen molar-refractivity contribution in [3.8, 4) is 0 Å². The number of amidine groups is 1. The Morgan fingerprint density at radius 2 is 2.00 bits per heavy atom. The Morgan fingerprint density at radius 1 is 1.29 bits per heavy atom. The average Bonchev–Trinajstić information content (AvgIpc) is 2.54. The van der Waals surface area contributed by atoms with Crippen LogP contribution in [0.25, 0.3) is 0 Å². The summed E-state index contributed by atoms with van der Waals surface area (Å²) in [7, 11) is 0. The first-order valence-corrected chi connectivity index (χ1v) is 6.03. The normalized spacial score (nSPS) is 32.2. The number of hydrogen-bond acceptors (Lipinski definition) is 3. The number of Topliss-reactive ketones (excluding diaryl/α,β-unsaturated/α-hetero) is 1. The highest BCUT2D eigenvalue weighted by molar-refractivity contribution is 6.26. The van der Waals surface area contributed by atoms with Gasteiger partial charge in [-0.15, -0.1) is 0 Å². The maximum atomic E-state index is 12.2. The van der Waals surface area contributed by atoms with Gasteiger partial charge < -0.3 is 5.32 Å². The maximum Gasteiger partial charge on any atom is 0.251 e. The van der Waals surface area contributed by atoms with E-state index in [4.69, 9.17) is 0 Å². The van der Waals surface area contributed by atoms with Crippen molar-refractivity contribution in [2.75, 3.05) is 0 Å². The number of aliphatic imine (C=N–C) groups is 1. The minimum atomic E-state index is -0.604. The van der Waals surface area contributed by atoms with Crippen LogP contribution >= 0.6 is 0 Å². The lowest BCUT2D eigenvalue weighted by Crippen LogP contribution is -2.52. The van der Waals surface area contributed by atoms with Gasteiger partial charge >= 0.3 is 0 Å². The van der Waals surface area contributed by atoms with E-state index in [-0.39, 0.29) is 23.4 Å². The molecule has 5 heteroatoms. The van der Waals surface area contributed by atoms with Gasteiger partial charge in [-0.25, -0.2) is 0 Å². The fraction of sp³-hybridized carbons (Fsp3) is 0.667. The van der Waals surface area contributed by atoms with Crippen molar-refractivity contribution in [3.63, 3.8) is 0 Å². The Kier molecular flexibility index (Phi) is 3.09. The van der Waals surface area contributed by atoms with Gasteiger partial charge in [0, 0.05) is 0 Å². The summed E-state index contributed by atoms with van der Waals surface area (Å²) in [4.78, 5) is 39.1. The van der Waals surface area contributed by atoms with E-state index in [1.165, 1.54) is 0 Å². The summed E-state index contributed by atoms with van der Waals surface area (Å²) < 4.78 is 0. The summed E-state index contributed by atoms with van der Waals surface area (Å²) in [5.74, 6) is -2.06. The number of nitrogens with zero attached hydrogens (tertiary/aromatic N) is 1. The van der Waals surface area contributed by atoms with Crippen molar-refractivity contribution >= 4 is 23.4 Å². The fourth-order valence-corrected chi connectivity index (χ4v) is 2.40. The highest BCUT2D eigenvalue weighted by atomic mass is 16.2. The lowest BCUT2D eigenvalue weighted by molar-refractivity contribution is -0.138. The average molecular weight is 236 g/mol. The van der Waals surface area contributed by atoms with Gasteiger partial charge in [-0.05, 0) is 6.42 Å². The monoisotopic (exact) mass is 236 g/mol. The Balaban J connectivity index is 2.21. The van der Waals surface area contributed by atoms with Gasteiger partial charge in [0.2, 0.25) is 5.91 Å². The van der Waals surface area contributed by atoms with Crippen LogP contribution in [0, 0.1) is 17.8 Å². The van der Waals surface area contributed by atoms with Gasteiger partial charge in [-0.3, -0.25) is 14.4 Å². The number of amides is 2. The van der Waals surface area contributed by atoms with Crippen molar-refractivity contribution in [1.29, 1.82) is 0 Å². The van der Waals surface area contributed by atoms with E-state index in [9.17, 15) is 14.4 Å². The van der Waals surface area contributed by atoms with Crippen LogP contribution in [-0.2, 0) is 14.4 Å². The second-order valence-electron chi connectivity index (χ2n) is 4.69. The Bertz CT molecular complexity index is 414. The summed E-state index contributed by atoms with van der Waals surface area (Å²) in [5, 5.41) is 2.60. The molecule has 0 bridgehead atoms. The van der Waals surface area contributed by atoms with Crippen LogP contribution in [0.3, 0.4) is 0 Å². The van der Waals surface area contributed by atoms with Gasteiger partial charge in [0.25, 0.3) is 5.91 Å². The number of fused-ring (bicyclic) bond motifs is 1. The molecular formula is C12H16N2O3. The van der Waals surface area contributed by atoms with E-state index in [2.05, 4.69) is 10.3 Å². The Morgan fingerprint density at radius 3 is 2.65 bits per heavy atom. The molecule has 1 fully saturated rings. The molecular weight excluding hydrogens is 220 g/mol. The van der Waals surface area contributed by atoms with Gasteiger partial charge in [0.1, 0.15) is 5.84 Å². The number of nitrogens with one attached hydrogen (secondary N) is 1. The first-order chi connectivity index (χ1) is 8.06. The number of unbranched alkanes of at least 4 members (excludes halogenated alkanes) is 1. The van der Waals surface area contributed by atoms with E-state index < -0.39 is 17.8 Å². The van der Waals surface area contributed by atoms with Crippen LogP contribution in [-0.4, -0.2) is 23.4 Å². The highest BCUT2D eigenvalue weighted by Gasteiger charge is 2.48. The maximum absolute atomic E-state index is 12.2. The van der Waals surface area contributed by atoms with Crippen LogP contribution in [0.2, 0.25) is 0 Å². The Hall–Kier alpha value is -1.52. The third-order valence-corrected chi connectivity index (χ3v) is 3.48. The van der Waals surface area contributed by atoms with Crippen molar-refractivity contribution in [3.05, 3.63) is 0 Å². The van der Waals surface area contributed by atoms with Crippen LogP contribution in [0.1, 0.15) is 33.1 Å². The second kappa shape index (κ2) is 4.39. The molecule has 0 aliphatic carbocycles. The number of rotatable bonds is 3.